The molecule has 3 rings (SSSR count). The number of anilines is 2. The van der Waals surface area contributed by atoms with Crippen LogP contribution in [-0.2, 0) is 21.2 Å². The van der Waals surface area contributed by atoms with Crippen molar-refractivity contribution in [2.45, 2.75) is 83.7 Å². The van der Waals surface area contributed by atoms with Crippen molar-refractivity contribution in [2.75, 3.05) is 22.8 Å². The number of nitrogens with one attached hydrogen (secondary N) is 1. The molecule has 0 radical (unpaired) electrons. The van der Waals surface area contributed by atoms with Crippen LogP contribution in [-0.4, -0.2) is 49.3 Å². The molecule has 0 amide bonds. The van der Waals surface area contributed by atoms with Gasteiger partial charge in [0, 0.05) is 18.3 Å². The molecule has 10 nitrogen and oxygen atoms in total. The number of ether oxygens (including phenoxy) is 1. The van der Waals surface area contributed by atoms with Crippen LogP contribution in [0.5, 0.6) is 0 Å². The van der Waals surface area contributed by atoms with Crippen LogP contribution in [0.25, 0.3) is 0 Å². The SMILES string of the molecule is CCCCCN1c2cc(NS(=O)(=O)C(F)(F)F)c(N=Nc3nnc(C(=O)OCCCC)s3)cc2CCC1CC. The maximum Gasteiger partial charge on any atom is 0.516 e. The molecule has 0 spiro atoms. The first-order valence-corrected chi connectivity index (χ1v) is 15.3. The lowest BCUT2D eigenvalue weighted by Crippen LogP contribution is -2.39. The van der Waals surface area contributed by atoms with E-state index in [2.05, 4.69) is 32.2 Å². The number of esters is 1. The fourth-order valence-corrected chi connectivity index (χ4v) is 5.32. The van der Waals surface area contributed by atoms with Gasteiger partial charge in [-0.2, -0.15) is 21.6 Å². The van der Waals surface area contributed by atoms with E-state index >= 15 is 0 Å². The second-order valence-electron chi connectivity index (χ2n) is 9.13. The molecule has 2 aromatic rings. The topological polar surface area (TPSA) is 126 Å². The van der Waals surface area contributed by atoms with Gasteiger partial charge < -0.3 is 9.64 Å². The molecular weight excluding hydrogens is 557 g/mol. The molecular formula is C24H33F3N6O4S2. The molecule has 1 aromatic heterocycles. The van der Waals surface area contributed by atoms with E-state index in [1.54, 1.807) is 10.8 Å². The Hall–Kier alpha value is -2.81. The van der Waals surface area contributed by atoms with Crippen LogP contribution < -0.4 is 9.62 Å². The first kappa shape index (κ1) is 30.7. The Morgan fingerprint density at radius 3 is 2.56 bits per heavy atom. The number of fused-ring (bicyclic) bond motifs is 1. The Kier molecular flexibility index (Phi) is 10.6. The molecule has 0 saturated heterocycles. The average Bonchev–Trinajstić information content (AvgIpc) is 3.36. The van der Waals surface area contributed by atoms with Crippen molar-refractivity contribution in [1.82, 2.24) is 10.2 Å². The van der Waals surface area contributed by atoms with E-state index in [-0.39, 0.29) is 34.2 Å². The molecule has 0 aliphatic carbocycles. The standard InChI is InChI=1S/C24H33F3N6O4S2/c1-4-7-9-12-33-17(6-3)11-10-16-14-18(19(15-20(16)33)32-39(35,36)24(25,26)27)28-30-23-31-29-21(38-23)22(34)37-13-8-5-2/h14-15,17,32H,4-13H2,1-3H3. The number of halogens is 3. The Morgan fingerprint density at radius 1 is 1.15 bits per heavy atom. The van der Waals surface area contributed by atoms with Crippen molar-refractivity contribution in [3.8, 4) is 0 Å². The normalized spacial score (nSPS) is 15.9. The Balaban J connectivity index is 1.97. The van der Waals surface area contributed by atoms with Crippen molar-refractivity contribution in [3.05, 3.63) is 22.7 Å². The molecule has 1 aromatic carbocycles. The number of hydrogen-bond donors (Lipinski definition) is 1. The highest BCUT2D eigenvalue weighted by Gasteiger charge is 2.46. The lowest BCUT2D eigenvalue weighted by molar-refractivity contribution is -0.0429. The quantitative estimate of drug-likeness (QED) is 0.153. The average molecular weight is 591 g/mol. The van der Waals surface area contributed by atoms with Crippen molar-refractivity contribution in [3.63, 3.8) is 0 Å². The lowest BCUT2D eigenvalue weighted by Gasteiger charge is -2.39. The number of nitrogens with zero attached hydrogens (tertiary/aromatic N) is 5. The summed E-state index contributed by atoms with van der Waals surface area (Å²) in [6, 6.07) is 3.13. The lowest BCUT2D eigenvalue weighted by atomic mass is 9.93. The number of rotatable bonds is 13. The van der Waals surface area contributed by atoms with Gasteiger partial charge in [0.05, 0.1) is 12.3 Å². The monoisotopic (exact) mass is 590 g/mol. The largest absolute Gasteiger partial charge is 0.516 e. The van der Waals surface area contributed by atoms with Crippen molar-refractivity contribution in [1.29, 1.82) is 0 Å². The minimum atomic E-state index is -5.72. The van der Waals surface area contributed by atoms with Crippen LogP contribution in [0.4, 0.5) is 35.4 Å². The Bertz CT molecular complexity index is 1270. The number of aryl methyl sites for hydroxylation is 1. The van der Waals surface area contributed by atoms with E-state index in [4.69, 9.17) is 4.74 Å². The fraction of sp³-hybridized carbons (Fsp3) is 0.625. The first-order chi connectivity index (χ1) is 18.5. The molecule has 0 bridgehead atoms. The van der Waals surface area contributed by atoms with E-state index < -0.39 is 21.5 Å². The van der Waals surface area contributed by atoms with Crippen LogP contribution in [0.3, 0.4) is 0 Å². The van der Waals surface area contributed by atoms with Crippen molar-refractivity contribution < 1.29 is 31.1 Å². The van der Waals surface area contributed by atoms with Gasteiger partial charge in [-0.3, -0.25) is 4.72 Å². The first-order valence-electron chi connectivity index (χ1n) is 13.0. The number of aromatic nitrogens is 2. The van der Waals surface area contributed by atoms with Crippen molar-refractivity contribution in [2.24, 2.45) is 10.2 Å². The third-order valence-corrected chi connectivity index (χ3v) is 8.17. The van der Waals surface area contributed by atoms with Gasteiger partial charge in [-0.05, 0) is 49.8 Å². The minimum absolute atomic E-state index is 0.0352. The molecule has 216 valence electrons. The summed E-state index contributed by atoms with van der Waals surface area (Å²) in [6.45, 7) is 7.02. The summed E-state index contributed by atoms with van der Waals surface area (Å²) in [5.74, 6) is -0.663. The maximum atomic E-state index is 13.3. The minimum Gasteiger partial charge on any atom is -0.460 e. The van der Waals surface area contributed by atoms with Crippen LogP contribution in [0, 0.1) is 0 Å². The summed E-state index contributed by atoms with van der Waals surface area (Å²) >= 11 is 0.801. The molecule has 1 unspecified atom stereocenters. The van der Waals surface area contributed by atoms with E-state index in [0.717, 1.165) is 55.4 Å². The highest BCUT2D eigenvalue weighted by Crippen LogP contribution is 2.41. The van der Waals surface area contributed by atoms with E-state index in [0.29, 0.717) is 25.1 Å². The molecule has 0 fully saturated rings. The van der Waals surface area contributed by atoms with Crippen LogP contribution in [0.2, 0.25) is 0 Å². The predicted molar refractivity (Wildman–Crippen MR) is 144 cm³/mol. The highest BCUT2D eigenvalue weighted by atomic mass is 32.2. The number of sulfonamides is 1. The summed E-state index contributed by atoms with van der Waals surface area (Å²) in [5, 5.41) is 15.3. The molecule has 2 heterocycles. The summed E-state index contributed by atoms with van der Waals surface area (Å²) in [5.41, 5.74) is -4.47. The molecule has 15 heteroatoms. The number of carbonyl (C=O) groups is 1. The van der Waals surface area contributed by atoms with Crippen molar-refractivity contribution >= 4 is 49.5 Å². The molecule has 39 heavy (non-hydrogen) atoms. The molecule has 0 saturated carbocycles. The zero-order valence-corrected chi connectivity index (χ0v) is 23.8. The number of carbonyl (C=O) groups excluding carboxylic acids is 1. The zero-order chi connectivity index (χ0) is 28.6. The molecule has 1 aliphatic heterocycles. The van der Waals surface area contributed by atoms with Gasteiger partial charge in [0.2, 0.25) is 5.01 Å². The molecule has 1 N–H and O–H groups in total. The summed E-state index contributed by atoms with van der Waals surface area (Å²) < 4.78 is 70.5. The van der Waals surface area contributed by atoms with Crippen LogP contribution in [0.1, 0.15) is 81.1 Å². The highest BCUT2D eigenvalue weighted by molar-refractivity contribution is 7.93. The number of benzene rings is 1. The van der Waals surface area contributed by atoms with Gasteiger partial charge >= 0.3 is 21.5 Å². The molecule has 1 aliphatic rings. The fourth-order valence-electron chi connectivity index (χ4n) is 4.20. The van der Waals surface area contributed by atoms with Crippen LogP contribution in [0.15, 0.2) is 22.4 Å². The number of alkyl halides is 3. The zero-order valence-electron chi connectivity index (χ0n) is 22.1. The third-order valence-electron chi connectivity index (χ3n) is 6.28. The Morgan fingerprint density at radius 2 is 1.90 bits per heavy atom. The third kappa shape index (κ3) is 7.87. The van der Waals surface area contributed by atoms with Gasteiger partial charge in [0.15, 0.2) is 0 Å². The summed E-state index contributed by atoms with van der Waals surface area (Å²) in [6.07, 6.45) is 6.80. The second-order valence-corrected chi connectivity index (χ2v) is 11.8. The molecule has 1 atom stereocenters. The van der Waals surface area contributed by atoms with Gasteiger partial charge in [-0.1, -0.05) is 51.4 Å². The maximum absolute atomic E-state index is 13.3. The second kappa shape index (κ2) is 13.5. The van der Waals surface area contributed by atoms with E-state index in [9.17, 15) is 26.4 Å². The Labute approximate surface area is 230 Å². The van der Waals surface area contributed by atoms with Gasteiger partial charge in [0.25, 0.3) is 5.13 Å². The number of hydrogen-bond acceptors (Lipinski definition) is 10. The van der Waals surface area contributed by atoms with Gasteiger partial charge in [0.1, 0.15) is 5.69 Å². The smallest absolute Gasteiger partial charge is 0.460 e. The van der Waals surface area contributed by atoms with Crippen LogP contribution >= 0.6 is 11.3 Å². The number of azo groups is 1. The van der Waals surface area contributed by atoms with Gasteiger partial charge in [-0.15, -0.1) is 20.4 Å². The summed E-state index contributed by atoms with van der Waals surface area (Å²) in [7, 11) is -5.72. The van der Waals surface area contributed by atoms with E-state index in [1.165, 1.54) is 6.07 Å². The number of unbranched alkanes of at least 4 members (excludes halogenated alkanes) is 3. The predicted octanol–water partition coefficient (Wildman–Crippen LogP) is 6.89. The van der Waals surface area contributed by atoms with Gasteiger partial charge in [-0.25, -0.2) is 4.79 Å². The summed E-state index contributed by atoms with van der Waals surface area (Å²) in [4.78, 5) is 14.2. The van der Waals surface area contributed by atoms with E-state index in [1.807, 2.05) is 13.8 Å².